The van der Waals surface area contributed by atoms with E-state index in [1.165, 1.54) is 5.56 Å². The van der Waals surface area contributed by atoms with Gasteiger partial charge >= 0.3 is 6.03 Å². The predicted octanol–water partition coefficient (Wildman–Crippen LogP) is 4.64. The van der Waals surface area contributed by atoms with Crippen molar-refractivity contribution in [3.63, 3.8) is 0 Å². The third kappa shape index (κ3) is 3.67. The number of H-pyrrole nitrogens is 1. The van der Waals surface area contributed by atoms with Crippen LogP contribution in [0.3, 0.4) is 0 Å². The Morgan fingerprint density at radius 2 is 2.06 bits per heavy atom. The largest absolute Gasteiger partial charge is 0.367 e. The first-order valence-corrected chi connectivity index (χ1v) is 10.1. The highest BCUT2D eigenvalue weighted by Gasteiger charge is 2.23. The van der Waals surface area contributed by atoms with Gasteiger partial charge < -0.3 is 20.5 Å². The van der Waals surface area contributed by atoms with Crippen LogP contribution in [0.4, 0.5) is 21.9 Å². The zero-order valence-electron chi connectivity index (χ0n) is 16.7. The molecule has 7 nitrogen and oxygen atoms in total. The summed E-state index contributed by atoms with van der Waals surface area (Å²) < 4.78 is 0. The fourth-order valence-electron chi connectivity index (χ4n) is 4.08. The molecule has 0 radical (unpaired) electrons. The topological polar surface area (TPSA) is 96.8 Å². The predicted molar refractivity (Wildman–Crippen MR) is 121 cm³/mol. The van der Waals surface area contributed by atoms with Gasteiger partial charge in [0.25, 0.3) is 0 Å². The van der Waals surface area contributed by atoms with Crippen molar-refractivity contribution in [1.29, 1.82) is 5.26 Å². The number of anilines is 3. The quantitative estimate of drug-likeness (QED) is 0.458. The SMILES string of the molecule is N#Cc1cccc(NC(=O)Nc2cccc3c2CCN3Cc2c[nH]c3ncccc23)c1. The lowest BCUT2D eigenvalue weighted by atomic mass is 10.1. The van der Waals surface area contributed by atoms with Crippen LogP contribution in [0.25, 0.3) is 11.0 Å². The number of nitrogens with zero attached hydrogens (tertiary/aromatic N) is 3. The van der Waals surface area contributed by atoms with Crippen LogP contribution in [0, 0.1) is 11.3 Å². The molecule has 3 N–H and O–H groups in total. The molecule has 7 heteroatoms. The van der Waals surface area contributed by atoms with Crippen molar-refractivity contribution >= 4 is 34.1 Å². The third-order valence-electron chi connectivity index (χ3n) is 5.52. The maximum atomic E-state index is 12.5. The summed E-state index contributed by atoms with van der Waals surface area (Å²) in [5.41, 5.74) is 6.23. The number of nitriles is 1. The van der Waals surface area contributed by atoms with Crippen LogP contribution < -0.4 is 15.5 Å². The lowest BCUT2D eigenvalue weighted by Gasteiger charge is -2.19. The van der Waals surface area contributed by atoms with Crippen LogP contribution in [-0.2, 0) is 13.0 Å². The Balaban J connectivity index is 1.33. The monoisotopic (exact) mass is 408 g/mol. The van der Waals surface area contributed by atoms with Gasteiger partial charge in [-0.2, -0.15) is 5.26 Å². The fraction of sp³-hybridized carbons (Fsp3) is 0.125. The van der Waals surface area contributed by atoms with E-state index in [-0.39, 0.29) is 6.03 Å². The van der Waals surface area contributed by atoms with E-state index in [9.17, 15) is 4.79 Å². The molecule has 1 aliphatic heterocycles. The Morgan fingerprint density at radius 1 is 1.16 bits per heavy atom. The van der Waals surface area contributed by atoms with E-state index >= 15 is 0 Å². The first-order chi connectivity index (χ1) is 15.2. The molecule has 3 heterocycles. The molecule has 5 rings (SSSR count). The number of benzene rings is 2. The molecule has 31 heavy (non-hydrogen) atoms. The van der Waals surface area contributed by atoms with E-state index in [4.69, 9.17) is 5.26 Å². The maximum absolute atomic E-state index is 12.5. The second kappa shape index (κ2) is 7.84. The first-order valence-electron chi connectivity index (χ1n) is 10.1. The summed E-state index contributed by atoms with van der Waals surface area (Å²) in [7, 11) is 0. The van der Waals surface area contributed by atoms with Gasteiger partial charge in [0.2, 0.25) is 0 Å². The van der Waals surface area contributed by atoms with Gasteiger partial charge in [-0.15, -0.1) is 0 Å². The van der Waals surface area contributed by atoms with Gasteiger partial charge in [0.15, 0.2) is 0 Å². The average Bonchev–Trinajstić information content (AvgIpc) is 3.39. The molecule has 152 valence electrons. The molecule has 0 unspecified atom stereocenters. The van der Waals surface area contributed by atoms with E-state index in [1.807, 2.05) is 24.4 Å². The highest BCUT2D eigenvalue weighted by Crippen LogP contribution is 2.35. The van der Waals surface area contributed by atoms with Gasteiger partial charge in [0.05, 0.1) is 11.6 Å². The van der Waals surface area contributed by atoms with Crippen molar-refractivity contribution in [3.8, 4) is 6.07 Å². The summed E-state index contributed by atoms with van der Waals surface area (Å²) in [5.74, 6) is 0. The Bertz CT molecular complexity index is 1320. The second-order valence-corrected chi connectivity index (χ2v) is 7.46. The van der Waals surface area contributed by atoms with Crippen LogP contribution in [0.1, 0.15) is 16.7 Å². The molecule has 2 aromatic heterocycles. The number of hydrogen-bond donors (Lipinski definition) is 3. The number of fused-ring (bicyclic) bond motifs is 2. The molecule has 0 aliphatic carbocycles. The van der Waals surface area contributed by atoms with Crippen LogP contribution >= 0.6 is 0 Å². The zero-order valence-corrected chi connectivity index (χ0v) is 16.7. The van der Waals surface area contributed by atoms with Crippen molar-refractivity contribution in [2.75, 3.05) is 22.1 Å². The Hall–Kier alpha value is -4.31. The van der Waals surface area contributed by atoms with Crippen LogP contribution in [-0.4, -0.2) is 22.5 Å². The van der Waals surface area contributed by atoms with Crippen LogP contribution in [0.15, 0.2) is 67.0 Å². The minimum absolute atomic E-state index is 0.329. The number of aromatic nitrogens is 2. The highest BCUT2D eigenvalue weighted by molar-refractivity contribution is 6.01. The number of nitrogens with one attached hydrogen (secondary N) is 3. The molecule has 0 fully saturated rings. The van der Waals surface area contributed by atoms with E-state index in [0.717, 1.165) is 47.5 Å². The summed E-state index contributed by atoms with van der Waals surface area (Å²) in [6.07, 6.45) is 4.66. The molecule has 1 aliphatic rings. The smallest absolute Gasteiger partial charge is 0.323 e. The number of carbonyl (C=O) groups is 1. The molecule has 2 amide bonds. The summed E-state index contributed by atoms with van der Waals surface area (Å²) in [4.78, 5) is 22.5. The van der Waals surface area contributed by atoms with E-state index in [2.05, 4.69) is 43.7 Å². The number of carbonyl (C=O) groups excluding carboxylic acids is 1. The lowest BCUT2D eigenvalue weighted by Crippen LogP contribution is -2.20. The minimum Gasteiger partial charge on any atom is -0.367 e. The van der Waals surface area contributed by atoms with Gasteiger partial charge in [0.1, 0.15) is 5.65 Å². The third-order valence-corrected chi connectivity index (χ3v) is 5.52. The molecule has 0 saturated heterocycles. The second-order valence-electron chi connectivity index (χ2n) is 7.46. The van der Waals surface area contributed by atoms with E-state index in [1.54, 1.807) is 30.5 Å². The Labute approximate surface area is 179 Å². The molecule has 2 aromatic carbocycles. The Morgan fingerprint density at radius 3 is 2.97 bits per heavy atom. The van der Waals surface area contributed by atoms with Crippen molar-refractivity contribution in [2.24, 2.45) is 0 Å². The number of aromatic amines is 1. The number of amides is 2. The minimum atomic E-state index is -0.329. The van der Waals surface area contributed by atoms with Crippen molar-refractivity contribution in [2.45, 2.75) is 13.0 Å². The highest BCUT2D eigenvalue weighted by atomic mass is 16.2. The number of pyridine rings is 1. The summed E-state index contributed by atoms with van der Waals surface area (Å²) in [6, 6.07) is 18.6. The number of rotatable bonds is 4. The van der Waals surface area contributed by atoms with Crippen molar-refractivity contribution in [3.05, 3.63) is 83.7 Å². The molecule has 0 atom stereocenters. The van der Waals surface area contributed by atoms with Gasteiger partial charge in [-0.05, 0) is 54.4 Å². The van der Waals surface area contributed by atoms with Gasteiger partial charge in [0, 0.05) is 53.5 Å². The van der Waals surface area contributed by atoms with Crippen molar-refractivity contribution < 1.29 is 4.79 Å². The summed E-state index contributed by atoms with van der Waals surface area (Å²) in [5, 5.41) is 15.9. The van der Waals surface area contributed by atoms with Crippen LogP contribution in [0.2, 0.25) is 0 Å². The fourth-order valence-corrected chi connectivity index (χ4v) is 4.08. The number of hydrogen-bond acceptors (Lipinski definition) is 4. The normalized spacial score (nSPS) is 12.4. The van der Waals surface area contributed by atoms with Gasteiger partial charge in [-0.3, -0.25) is 0 Å². The van der Waals surface area contributed by atoms with E-state index in [0.29, 0.717) is 11.3 Å². The molecule has 0 spiro atoms. The average molecular weight is 408 g/mol. The molecule has 4 aromatic rings. The molecule has 0 bridgehead atoms. The Kier molecular flexibility index (Phi) is 4.73. The van der Waals surface area contributed by atoms with Crippen molar-refractivity contribution in [1.82, 2.24) is 9.97 Å². The lowest BCUT2D eigenvalue weighted by molar-refractivity contribution is 0.262. The zero-order chi connectivity index (χ0) is 21.2. The summed E-state index contributed by atoms with van der Waals surface area (Å²) >= 11 is 0. The van der Waals surface area contributed by atoms with E-state index < -0.39 is 0 Å². The first kappa shape index (κ1) is 18.7. The standard InChI is InChI=1S/C24H20N6O/c25-13-16-4-1-5-18(12-16)28-24(31)29-21-7-2-8-22-20(21)9-11-30(22)15-17-14-27-23-19(17)6-3-10-26-23/h1-8,10,12,14H,9,11,15H2,(H,26,27)(H2,28,29,31). The molecule has 0 saturated carbocycles. The van der Waals surface area contributed by atoms with Crippen LogP contribution in [0.5, 0.6) is 0 Å². The maximum Gasteiger partial charge on any atom is 0.323 e. The molecular formula is C24H20N6O. The molecular weight excluding hydrogens is 388 g/mol. The number of urea groups is 1. The van der Waals surface area contributed by atoms with Gasteiger partial charge in [-0.25, -0.2) is 9.78 Å². The summed E-state index contributed by atoms with van der Waals surface area (Å²) in [6.45, 7) is 1.65. The van der Waals surface area contributed by atoms with Gasteiger partial charge in [-0.1, -0.05) is 12.1 Å².